The largest absolute Gasteiger partial charge is 0.332 e. The average Bonchev–Trinajstić information content (AvgIpc) is 3.43. The smallest absolute Gasteiger partial charge is 0.233 e. The van der Waals surface area contributed by atoms with Gasteiger partial charge in [0.25, 0.3) is 0 Å². The maximum Gasteiger partial charge on any atom is 0.233 e. The molecule has 4 heterocycles. The lowest BCUT2D eigenvalue weighted by atomic mass is 10.2. The molecule has 0 bridgehead atoms. The number of carbonyl (C=O) groups excluding carboxylic acids is 1. The van der Waals surface area contributed by atoms with Crippen LogP contribution in [0.1, 0.15) is 40.2 Å². The molecule has 30 heavy (non-hydrogen) atoms. The molecule has 1 atom stereocenters. The molecule has 5 rings (SSSR count). The molecule has 0 saturated carbocycles. The number of aromatic nitrogens is 3. The zero-order chi connectivity index (χ0) is 20.8. The molecule has 4 aromatic rings. The average molecular weight is 455 g/mol. The van der Waals surface area contributed by atoms with Crippen LogP contribution >= 0.6 is 34.4 Å². The number of para-hydroxylation sites is 1. The molecule has 1 saturated heterocycles. The SMILES string of the molecule is Cc1nc(SCC(=O)N2CCC[C@H]2c2nc3ccccc3s2)c2c(C)c(C)sc2n1. The molecule has 1 aliphatic rings. The van der Waals surface area contributed by atoms with Crippen molar-refractivity contribution in [1.29, 1.82) is 0 Å². The number of carbonyl (C=O) groups is 1. The van der Waals surface area contributed by atoms with Crippen LogP contribution in [-0.4, -0.2) is 38.1 Å². The molecule has 3 aromatic heterocycles. The first-order chi connectivity index (χ1) is 14.5. The van der Waals surface area contributed by atoms with Crippen LogP contribution in [0, 0.1) is 20.8 Å². The van der Waals surface area contributed by atoms with Crippen LogP contribution in [0.4, 0.5) is 0 Å². The van der Waals surface area contributed by atoms with Crippen molar-refractivity contribution >= 4 is 60.8 Å². The van der Waals surface area contributed by atoms with Crippen molar-refractivity contribution in [2.75, 3.05) is 12.3 Å². The summed E-state index contributed by atoms with van der Waals surface area (Å²) in [4.78, 5) is 31.5. The van der Waals surface area contributed by atoms with Gasteiger partial charge in [-0.1, -0.05) is 23.9 Å². The van der Waals surface area contributed by atoms with Crippen LogP contribution in [0.15, 0.2) is 29.3 Å². The van der Waals surface area contributed by atoms with Gasteiger partial charge in [-0.2, -0.15) is 0 Å². The minimum atomic E-state index is 0.0905. The van der Waals surface area contributed by atoms with E-state index in [0.29, 0.717) is 5.75 Å². The highest BCUT2D eigenvalue weighted by molar-refractivity contribution is 8.00. The summed E-state index contributed by atoms with van der Waals surface area (Å²) >= 11 is 4.94. The molecule has 0 radical (unpaired) electrons. The fraction of sp³-hybridized carbons (Fsp3) is 0.364. The van der Waals surface area contributed by atoms with Crippen LogP contribution in [-0.2, 0) is 4.79 Å². The van der Waals surface area contributed by atoms with Gasteiger partial charge in [-0.05, 0) is 51.3 Å². The summed E-state index contributed by atoms with van der Waals surface area (Å²) < 4.78 is 1.18. The fourth-order valence-electron chi connectivity index (χ4n) is 3.99. The number of amides is 1. The molecule has 0 spiro atoms. The molecule has 1 aliphatic heterocycles. The van der Waals surface area contributed by atoms with Crippen molar-refractivity contribution in [2.45, 2.75) is 44.7 Å². The number of aryl methyl sites for hydroxylation is 3. The van der Waals surface area contributed by atoms with Gasteiger partial charge in [0.2, 0.25) is 5.91 Å². The van der Waals surface area contributed by atoms with E-state index in [9.17, 15) is 4.79 Å². The molecule has 5 nitrogen and oxygen atoms in total. The third-order valence-corrected chi connectivity index (χ3v) is 8.81. The number of hydrogen-bond donors (Lipinski definition) is 0. The van der Waals surface area contributed by atoms with E-state index >= 15 is 0 Å². The number of thioether (sulfide) groups is 1. The van der Waals surface area contributed by atoms with Gasteiger partial charge in [0, 0.05) is 16.8 Å². The Hall–Kier alpha value is -2.03. The van der Waals surface area contributed by atoms with Gasteiger partial charge in [0.1, 0.15) is 20.7 Å². The number of fused-ring (bicyclic) bond motifs is 2. The second-order valence-electron chi connectivity index (χ2n) is 7.59. The molecule has 0 N–H and O–H groups in total. The van der Waals surface area contributed by atoms with Crippen LogP contribution in [0.5, 0.6) is 0 Å². The Morgan fingerprint density at radius 1 is 1.17 bits per heavy atom. The van der Waals surface area contributed by atoms with Gasteiger partial charge >= 0.3 is 0 Å². The zero-order valence-corrected chi connectivity index (χ0v) is 19.6. The monoisotopic (exact) mass is 454 g/mol. The van der Waals surface area contributed by atoms with Crippen LogP contribution < -0.4 is 0 Å². The van der Waals surface area contributed by atoms with E-state index in [1.807, 2.05) is 30.0 Å². The van der Waals surface area contributed by atoms with Gasteiger partial charge in [0.05, 0.1) is 22.0 Å². The molecule has 1 fully saturated rings. The lowest BCUT2D eigenvalue weighted by Crippen LogP contribution is -2.31. The van der Waals surface area contributed by atoms with Crippen molar-refractivity contribution in [3.8, 4) is 0 Å². The summed E-state index contributed by atoms with van der Waals surface area (Å²) in [5.74, 6) is 1.31. The third kappa shape index (κ3) is 3.50. The van der Waals surface area contributed by atoms with Crippen LogP contribution in [0.3, 0.4) is 0 Å². The minimum Gasteiger partial charge on any atom is -0.332 e. The summed E-state index contributed by atoms with van der Waals surface area (Å²) in [5, 5.41) is 3.07. The predicted octanol–water partition coefficient (Wildman–Crippen LogP) is 5.68. The number of likely N-dealkylation sites (tertiary alicyclic amines) is 1. The van der Waals surface area contributed by atoms with E-state index < -0.39 is 0 Å². The predicted molar refractivity (Wildman–Crippen MR) is 126 cm³/mol. The highest BCUT2D eigenvalue weighted by Gasteiger charge is 2.32. The van der Waals surface area contributed by atoms with E-state index in [1.54, 1.807) is 22.7 Å². The van der Waals surface area contributed by atoms with Gasteiger partial charge in [-0.25, -0.2) is 15.0 Å². The molecule has 0 unspecified atom stereocenters. The Bertz CT molecular complexity index is 1230. The van der Waals surface area contributed by atoms with Crippen LogP contribution in [0.2, 0.25) is 0 Å². The quantitative estimate of drug-likeness (QED) is 0.293. The number of benzene rings is 1. The second kappa shape index (κ2) is 7.90. The lowest BCUT2D eigenvalue weighted by molar-refractivity contribution is -0.129. The van der Waals surface area contributed by atoms with Gasteiger partial charge in [-0.3, -0.25) is 4.79 Å². The highest BCUT2D eigenvalue weighted by Crippen LogP contribution is 2.38. The first kappa shape index (κ1) is 19.9. The number of thiazole rings is 1. The van der Waals surface area contributed by atoms with Gasteiger partial charge in [0.15, 0.2) is 0 Å². The van der Waals surface area contributed by atoms with Crippen molar-refractivity contribution in [3.05, 3.63) is 45.5 Å². The third-order valence-electron chi connectivity index (χ3n) is 5.61. The van der Waals surface area contributed by atoms with Crippen molar-refractivity contribution in [3.63, 3.8) is 0 Å². The Labute approximate surface area is 187 Å². The zero-order valence-electron chi connectivity index (χ0n) is 17.1. The standard InChI is InChI=1S/C22H22N4OS3/c1-12-13(2)29-22-19(12)21(23-14(3)24-22)28-11-18(27)26-10-6-8-16(26)20-25-15-7-4-5-9-17(15)30-20/h4-5,7,9,16H,6,8,10-11H2,1-3H3/t16-/m0/s1. The van der Waals surface area contributed by atoms with E-state index in [4.69, 9.17) is 4.98 Å². The lowest BCUT2D eigenvalue weighted by Gasteiger charge is -2.23. The van der Waals surface area contributed by atoms with E-state index in [2.05, 4.69) is 29.9 Å². The summed E-state index contributed by atoms with van der Waals surface area (Å²) in [6, 6.07) is 8.28. The maximum atomic E-state index is 13.2. The molecule has 8 heteroatoms. The van der Waals surface area contributed by atoms with Gasteiger partial charge in [-0.15, -0.1) is 22.7 Å². The highest BCUT2D eigenvalue weighted by atomic mass is 32.2. The van der Waals surface area contributed by atoms with E-state index in [-0.39, 0.29) is 11.9 Å². The molecule has 0 aliphatic carbocycles. The summed E-state index contributed by atoms with van der Waals surface area (Å²) in [6.45, 7) is 6.94. The Kier molecular flexibility index (Phi) is 5.24. The molecular weight excluding hydrogens is 432 g/mol. The molecular formula is C22H22N4OS3. The first-order valence-corrected chi connectivity index (χ1v) is 12.6. The Morgan fingerprint density at radius 2 is 2.00 bits per heavy atom. The Morgan fingerprint density at radius 3 is 2.83 bits per heavy atom. The number of nitrogens with zero attached hydrogens (tertiary/aromatic N) is 4. The normalized spacial score (nSPS) is 16.8. The molecule has 1 aromatic carbocycles. The number of hydrogen-bond acceptors (Lipinski definition) is 7. The molecule has 1 amide bonds. The topological polar surface area (TPSA) is 59.0 Å². The summed E-state index contributed by atoms with van der Waals surface area (Å²) in [7, 11) is 0. The maximum absolute atomic E-state index is 13.2. The minimum absolute atomic E-state index is 0.0905. The fourth-order valence-corrected chi connectivity index (χ4v) is 7.26. The van der Waals surface area contributed by atoms with E-state index in [1.165, 1.54) is 26.9 Å². The van der Waals surface area contributed by atoms with Crippen molar-refractivity contribution < 1.29 is 4.79 Å². The van der Waals surface area contributed by atoms with Crippen LogP contribution in [0.25, 0.3) is 20.4 Å². The first-order valence-electron chi connectivity index (χ1n) is 10.0. The molecule has 154 valence electrons. The summed E-state index contributed by atoms with van der Waals surface area (Å²) in [5.41, 5.74) is 2.24. The van der Waals surface area contributed by atoms with E-state index in [0.717, 1.165) is 51.0 Å². The summed E-state index contributed by atoms with van der Waals surface area (Å²) in [6.07, 6.45) is 2.01. The van der Waals surface area contributed by atoms with Gasteiger partial charge < -0.3 is 4.90 Å². The Balaban J connectivity index is 1.37. The van der Waals surface area contributed by atoms with Crippen molar-refractivity contribution in [2.24, 2.45) is 0 Å². The number of rotatable bonds is 4. The second-order valence-corrected chi connectivity index (χ2v) is 10.8. The van der Waals surface area contributed by atoms with Crippen molar-refractivity contribution in [1.82, 2.24) is 19.9 Å². The number of thiophene rings is 1.